The summed E-state index contributed by atoms with van der Waals surface area (Å²) < 4.78 is 0. The molecule has 0 aliphatic heterocycles. The lowest BCUT2D eigenvalue weighted by Gasteiger charge is -2.55. The van der Waals surface area contributed by atoms with E-state index in [0.717, 1.165) is 37.0 Å². The van der Waals surface area contributed by atoms with Crippen molar-refractivity contribution < 1.29 is 4.79 Å². The first-order valence-corrected chi connectivity index (χ1v) is 7.42. The number of hydrogen-bond donors (Lipinski definition) is 1. The molecule has 4 aliphatic carbocycles. The minimum Gasteiger partial charge on any atom is -0.355 e. The summed E-state index contributed by atoms with van der Waals surface area (Å²) in [5.74, 6) is 2.60. The smallest absolute Gasteiger partial charge is 0.232 e. The highest BCUT2D eigenvalue weighted by molar-refractivity contribution is 7.80. The standard InChI is InChI=1S/C14H22N2OS/c1-16(2)13(18)15-12(17)14-6-9-3-10(7-14)5-11(4-9)8-14/h9-11H,3-8H2,1-2H3,(H,15,17,18). The Bertz CT molecular complexity index is 356. The van der Waals surface area contributed by atoms with Crippen LogP contribution in [-0.2, 0) is 4.79 Å². The molecule has 4 heteroatoms. The molecule has 1 amide bonds. The molecule has 0 aromatic heterocycles. The minimum absolute atomic E-state index is 0.0885. The summed E-state index contributed by atoms with van der Waals surface area (Å²) in [7, 11) is 3.75. The molecular weight excluding hydrogens is 244 g/mol. The average Bonchev–Trinajstić information content (AvgIpc) is 2.26. The van der Waals surface area contributed by atoms with Crippen LogP contribution >= 0.6 is 12.2 Å². The van der Waals surface area contributed by atoms with E-state index >= 15 is 0 Å². The third-order valence-electron chi connectivity index (χ3n) is 5.15. The number of rotatable bonds is 1. The Morgan fingerprint density at radius 3 is 1.94 bits per heavy atom. The molecule has 0 unspecified atom stereocenters. The van der Waals surface area contributed by atoms with Crippen molar-refractivity contribution in [2.75, 3.05) is 14.1 Å². The van der Waals surface area contributed by atoms with Gasteiger partial charge < -0.3 is 10.2 Å². The first-order valence-electron chi connectivity index (χ1n) is 7.01. The van der Waals surface area contributed by atoms with Gasteiger partial charge in [-0.25, -0.2) is 0 Å². The van der Waals surface area contributed by atoms with Crippen LogP contribution in [0.4, 0.5) is 0 Å². The van der Waals surface area contributed by atoms with Crippen molar-refractivity contribution in [3.8, 4) is 0 Å². The molecule has 0 heterocycles. The Hall–Kier alpha value is -0.640. The lowest BCUT2D eigenvalue weighted by molar-refractivity contribution is -0.144. The molecular formula is C14H22N2OS. The molecule has 0 aromatic carbocycles. The van der Waals surface area contributed by atoms with Crippen LogP contribution in [0.15, 0.2) is 0 Å². The van der Waals surface area contributed by atoms with Gasteiger partial charge in [0.15, 0.2) is 5.11 Å². The van der Waals surface area contributed by atoms with Gasteiger partial charge in [-0.2, -0.15) is 0 Å². The van der Waals surface area contributed by atoms with Crippen molar-refractivity contribution in [3.63, 3.8) is 0 Å². The number of hydrogen-bond acceptors (Lipinski definition) is 2. The topological polar surface area (TPSA) is 32.3 Å². The van der Waals surface area contributed by atoms with Gasteiger partial charge >= 0.3 is 0 Å². The Kier molecular flexibility index (Phi) is 2.88. The molecule has 0 radical (unpaired) electrons. The molecule has 3 nitrogen and oxygen atoms in total. The van der Waals surface area contributed by atoms with Crippen molar-refractivity contribution in [2.24, 2.45) is 23.2 Å². The number of thiocarbonyl (C=S) groups is 1. The van der Waals surface area contributed by atoms with Crippen LogP contribution in [0.2, 0.25) is 0 Å². The van der Waals surface area contributed by atoms with Gasteiger partial charge in [0.1, 0.15) is 0 Å². The highest BCUT2D eigenvalue weighted by Crippen LogP contribution is 2.60. The maximum atomic E-state index is 12.6. The van der Waals surface area contributed by atoms with Crippen molar-refractivity contribution in [1.82, 2.24) is 10.2 Å². The monoisotopic (exact) mass is 266 g/mol. The van der Waals surface area contributed by atoms with Crippen molar-refractivity contribution >= 4 is 23.2 Å². The van der Waals surface area contributed by atoms with Crippen LogP contribution in [0, 0.1) is 23.2 Å². The lowest BCUT2D eigenvalue weighted by atomic mass is 9.49. The summed E-state index contributed by atoms with van der Waals surface area (Å²) in [6.07, 6.45) is 7.39. The molecule has 4 fully saturated rings. The van der Waals surface area contributed by atoms with E-state index in [0.29, 0.717) is 5.11 Å². The summed E-state index contributed by atoms with van der Waals surface area (Å²) in [5.41, 5.74) is -0.0885. The molecule has 4 aliphatic rings. The maximum absolute atomic E-state index is 12.6. The zero-order valence-electron chi connectivity index (χ0n) is 11.2. The fourth-order valence-corrected chi connectivity index (χ4v) is 4.82. The second kappa shape index (κ2) is 4.19. The molecule has 100 valence electrons. The van der Waals surface area contributed by atoms with Gasteiger partial charge in [0.05, 0.1) is 5.41 Å². The minimum atomic E-state index is -0.0885. The van der Waals surface area contributed by atoms with Crippen molar-refractivity contribution in [1.29, 1.82) is 0 Å². The van der Waals surface area contributed by atoms with Gasteiger partial charge in [-0.15, -0.1) is 0 Å². The first-order chi connectivity index (χ1) is 8.48. The number of nitrogens with zero attached hydrogens (tertiary/aromatic N) is 1. The van der Waals surface area contributed by atoms with E-state index in [9.17, 15) is 4.79 Å². The Balaban J connectivity index is 1.75. The van der Waals surface area contributed by atoms with Gasteiger partial charge in [0.25, 0.3) is 0 Å². The van der Waals surface area contributed by atoms with Gasteiger partial charge in [-0.1, -0.05) is 0 Å². The number of carbonyl (C=O) groups excluding carboxylic acids is 1. The van der Waals surface area contributed by atoms with Gasteiger partial charge in [0.2, 0.25) is 5.91 Å². The molecule has 1 N–H and O–H groups in total. The highest BCUT2D eigenvalue weighted by Gasteiger charge is 2.54. The van der Waals surface area contributed by atoms with Crippen LogP contribution in [0.3, 0.4) is 0 Å². The van der Waals surface area contributed by atoms with E-state index in [4.69, 9.17) is 12.2 Å². The fraction of sp³-hybridized carbons (Fsp3) is 0.857. The Labute approximate surface area is 114 Å². The Morgan fingerprint density at radius 2 is 1.56 bits per heavy atom. The van der Waals surface area contributed by atoms with Crippen LogP contribution in [0.25, 0.3) is 0 Å². The van der Waals surface area contributed by atoms with Crippen LogP contribution in [-0.4, -0.2) is 30.0 Å². The lowest BCUT2D eigenvalue weighted by Crippen LogP contribution is -2.55. The summed E-state index contributed by atoms with van der Waals surface area (Å²) in [6.45, 7) is 0. The molecule has 0 aromatic rings. The number of nitrogens with one attached hydrogen (secondary N) is 1. The van der Waals surface area contributed by atoms with Gasteiger partial charge in [-0.05, 0) is 68.5 Å². The molecule has 4 rings (SSSR count). The summed E-state index contributed by atoms with van der Waals surface area (Å²) in [4.78, 5) is 14.4. The molecule has 0 atom stereocenters. The SMILES string of the molecule is CN(C)C(=S)NC(=O)C12CC3CC(CC(C3)C1)C2. The van der Waals surface area contributed by atoms with Gasteiger partial charge in [-0.3, -0.25) is 4.79 Å². The van der Waals surface area contributed by atoms with E-state index in [1.807, 2.05) is 14.1 Å². The van der Waals surface area contributed by atoms with Crippen molar-refractivity contribution in [3.05, 3.63) is 0 Å². The molecule has 4 bridgehead atoms. The normalized spacial score (nSPS) is 40.7. The van der Waals surface area contributed by atoms with E-state index < -0.39 is 0 Å². The second-order valence-electron chi connectivity index (χ2n) is 6.85. The summed E-state index contributed by atoms with van der Waals surface area (Å²) in [6, 6.07) is 0. The molecule has 0 saturated heterocycles. The van der Waals surface area contributed by atoms with Crippen LogP contribution < -0.4 is 5.32 Å². The third kappa shape index (κ3) is 1.94. The zero-order chi connectivity index (χ0) is 12.9. The third-order valence-corrected chi connectivity index (χ3v) is 5.61. The fourth-order valence-electron chi connectivity index (χ4n) is 4.73. The molecule has 18 heavy (non-hydrogen) atoms. The first kappa shape index (κ1) is 12.4. The number of carbonyl (C=O) groups is 1. The van der Waals surface area contributed by atoms with Gasteiger partial charge in [0, 0.05) is 14.1 Å². The van der Waals surface area contributed by atoms with E-state index in [-0.39, 0.29) is 11.3 Å². The molecule has 0 spiro atoms. The quantitative estimate of drug-likeness (QED) is 0.738. The second-order valence-corrected chi connectivity index (χ2v) is 7.24. The van der Waals surface area contributed by atoms with Crippen molar-refractivity contribution in [2.45, 2.75) is 38.5 Å². The highest BCUT2D eigenvalue weighted by atomic mass is 32.1. The van der Waals surface area contributed by atoms with E-state index in [1.54, 1.807) is 4.90 Å². The van der Waals surface area contributed by atoms with E-state index in [1.165, 1.54) is 19.3 Å². The van der Waals surface area contributed by atoms with Crippen LogP contribution in [0.5, 0.6) is 0 Å². The summed E-state index contributed by atoms with van der Waals surface area (Å²) >= 11 is 5.20. The zero-order valence-corrected chi connectivity index (χ0v) is 12.1. The van der Waals surface area contributed by atoms with Crippen LogP contribution in [0.1, 0.15) is 38.5 Å². The number of amides is 1. The van der Waals surface area contributed by atoms with E-state index in [2.05, 4.69) is 5.32 Å². The largest absolute Gasteiger partial charge is 0.355 e. The molecule has 4 saturated carbocycles. The predicted octanol–water partition coefficient (Wildman–Crippen LogP) is 2.17. The maximum Gasteiger partial charge on any atom is 0.232 e. The summed E-state index contributed by atoms with van der Waals surface area (Å²) in [5, 5.41) is 3.51. The Morgan fingerprint density at radius 1 is 1.11 bits per heavy atom. The average molecular weight is 266 g/mol. The predicted molar refractivity (Wildman–Crippen MR) is 75.0 cm³/mol.